The van der Waals surface area contributed by atoms with Crippen LogP contribution in [0.15, 0.2) is 66.7 Å². The topological polar surface area (TPSA) is 84.6 Å². The lowest BCUT2D eigenvalue weighted by Gasteiger charge is -2.10. The minimum absolute atomic E-state index is 0.137. The van der Waals surface area contributed by atoms with Crippen LogP contribution in [0.25, 0.3) is 26.6 Å². The molecule has 0 spiro atoms. The van der Waals surface area contributed by atoms with Crippen molar-refractivity contribution < 1.29 is 24.1 Å². The van der Waals surface area contributed by atoms with E-state index in [1.807, 2.05) is 0 Å². The van der Waals surface area contributed by atoms with Gasteiger partial charge in [0.2, 0.25) is 11.7 Å². The number of hydrogen-bond donors (Lipinski definition) is 2. The molecule has 0 atom stereocenters. The average Bonchev–Trinajstić information content (AvgIpc) is 3.36. The summed E-state index contributed by atoms with van der Waals surface area (Å²) < 4.78 is 21.2. The number of Topliss-reactive ketones (excluding diaryl/α,β-unsaturated/α-hetero) is 1. The van der Waals surface area contributed by atoms with Crippen molar-refractivity contribution in [3.8, 4) is 33.8 Å². The zero-order valence-electron chi connectivity index (χ0n) is 17.7. The monoisotopic (exact) mass is 528 g/mol. The van der Waals surface area contributed by atoms with Crippen LogP contribution in [0.3, 0.4) is 0 Å². The summed E-state index contributed by atoms with van der Waals surface area (Å²) in [7, 11) is 0. The fourth-order valence-electron chi connectivity index (χ4n) is 3.64. The predicted molar refractivity (Wildman–Crippen MR) is 134 cm³/mol. The smallest absolute Gasteiger partial charge is 0.242 e. The van der Waals surface area contributed by atoms with Gasteiger partial charge in [-0.25, -0.2) is 9.37 Å². The fraction of sp³-hybridized carbons (Fsp3) is 0.0400. The molecule has 0 fully saturated rings. The highest BCUT2D eigenvalue weighted by atomic mass is 35.5. The third kappa shape index (κ3) is 4.32. The maximum atomic E-state index is 13.7. The summed E-state index contributed by atoms with van der Waals surface area (Å²) in [5.74, 6) is -2.05. The SMILES string of the molecule is O=C(COc1ccccc1Cl)c1c(O)c(O)n(-c2nc3ccc(Cl)cc3s2)c1-c1ccc(F)cc1. The van der Waals surface area contributed by atoms with Crippen molar-refractivity contribution in [2.45, 2.75) is 0 Å². The van der Waals surface area contributed by atoms with E-state index < -0.39 is 29.8 Å². The van der Waals surface area contributed by atoms with Crippen molar-refractivity contribution in [2.75, 3.05) is 6.61 Å². The van der Waals surface area contributed by atoms with E-state index in [-0.39, 0.29) is 22.1 Å². The van der Waals surface area contributed by atoms with Crippen LogP contribution >= 0.6 is 34.5 Å². The van der Waals surface area contributed by atoms with Crippen LogP contribution in [-0.4, -0.2) is 32.2 Å². The van der Waals surface area contributed by atoms with Crippen molar-refractivity contribution in [3.63, 3.8) is 0 Å². The molecule has 0 saturated heterocycles. The maximum Gasteiger partial charge on any atom is 0.242 e. The van der Waals surface area contributed by atoms with Crippen molar-refractivity contribution in [2.24, 2.45) is 0 Å². The number of carbonyl (C=O) groups excluding carboxylic acids is 1. The summed E-state index contributed by atoms with van der Waals surface area (Å²) >= 11 is 13.4. The number of hydrogen-bond acceptors (Lipinski definition) is 6. The first kappa shape index (κ1) is 23.2. The average molecular weight is 529 g/mol. The number of carbonyl (C=O) groups is 1. The molecule has 2 heterocycles. The van der Waals surface area contributed by atoms with E-state index in [1.165, 1.54) is 40.2 Å². The van der Waals surface area contributed by atoms with Gasteiger partial charge in [0.15, 0.2) is 17.5 Å². The van der Waals surface area contributed by atoms with Gasteiger partial charge >= 0.3 is 0 Å². The summed E-state index contributed by atoms with van der Waals surface area (Å²) in [6, 6.07) is 17.1. The number of para-hydroxylation sites is 1. The predicted octanol–water partition coefficient (Wildman–Crippen LogP) is 6.87. The Morgan fingerprint density at radius 3 is 2.54 bits per heavy atom. The van der Waals surface area contributed by atoms with Gasteiger partial charge in [0, 0.05) is 5.02 Å². The third-order valence-corrected chi connectivity index (χ3v) is 6.79. The van der Waals surface area contributed by atoms with Crippen LogP contribution in [0.4, 0.5) is 4.39 Å². The van der Waals surface area contributed by atoms with Gasteiger partial charge < -0.3 is 14.9 Å². The van der Waals surface area contributed by atoms with Crippen LogP contribution in [0.2, 0.25) is 10.0 Å². The molecule has 6 nitrogen and oxygen atoms in total. The molecule has 3 aromatic carbocycles. The Bertz CT molecular complexity index is 1580. The van der Waals surface area contributed by atoms with E-state index >= 15 is 0 Å². The lowest BCUT2D eigenvalue weighted by Crippen LogP contribution is -2.13. The number of ether oxygens (including phenoxy) is 1. The van der Waals surface area contributed by atoms with Crippen LogP contribution in [0, 0.1) is 5.82 Å². The Hall–Kier alpha value is -3.59. The number of rotatable bonds is 6. The molecule has 0 aliphatic carbocycles. The molecular weight excluding hydrogens is 514 g/mol. The molecule has 2 aromatic heterocycles. The lowest BCUT2D eigenvalue weighted by atomic mass is 10.0. The maximum absolute atomic E-state index is 13.7. The van der Waals surface area contributed by atoms with E-state index in [9.17, 15) is 19.4 Å². The van der Waals surface area contributed by atoms with Gasteiger partial charge in [0.25, 0.3) is 0 Å². The van der Waals surface area contributed by atoms with Gasteiger partial charge in [-0.2, -0.15) is 0 Å². The van der Waals surface area contributed by atoms with E-state index in [0.717, 1.165) is 4.70 Å². The van der Waals surface area contributed by atoms with Crippen LogP contribution in [0.5, 0.6) is 17.4 Å². The van der Waals surface area contributed by atoms with Gasteiger partial charge in [0.05, 0.1) is 26.5 Å². The normalized spacial score (nSPS) is 11.2. The second kappa shape index (κ2) is 9.22. The molecule has 2 N–H and O–H groups in total. The van der Waals surface area contributed by atoms with Gasteiger partial charge in [-0.15, -0.1) is 0 Å². The summed E-state index contributed by atoms with van der Waals surface area (Å²) in [5.41, 5.74) is 0.929. The summed E-state index contributed by atoms with van der Waals surface area (Å²) in [5, 5.41) is 22.8. The van der Waals surface area contributed by atoms with Crippen molar-refractivity contribution in [1.82, 2.24) is 9.55 Å². The molecule has 35 heavy (non-hydrogen) atoms. The molecule has 0 unspecified atom stereocenters. The van der Waals surface area contributed by atoms with E-state index in [0.29, 0.717) is 21.1 Å². The van der Waals surface area contributed by atoms with E-state index in [1.54, 1.807) is 42.5 Å². The summed E-state index contributed by atoms with van der Waals surface area (Å²) in [6.45, 7) is -0.468. The zero-order chi connectivity index (χ0) is 24.7. The minimum atomic E-state index is -0.644. The number of thiazole rings is 1. The highest BCUT2D eigenvalue weighted by Gasteiger charge is 2.30. The summed E-state index contributed by atoms with van der Waals surface area (Å²) in [6.07, 6.45) is 0. The molecule has 5 rings (SSSR count). The number of nitrogens with zero attached hydrogens (tertiary/aromatic N) is 2. The first-order chi connectivity index (χ1) is 16.8. The Kier molecular flexibility index (Phi) is 6.10. The number of halogens is 3. The quantitative estimate of drug-likeness (QED) is 0.235. The first-order valence-corrected chi connectivity index (χ1v) is 11.8. The molecule has 10 heteroatoms. The van der Waals surface area contributed by atoms with Crippen LogP contribution in [-0.2, 0) is 0 Å². The molecule has 0 radical (unpaired) electrons. The minimum Gasteiger partial charge on any atom is -0.503 e. The second-order valence-electron chi connectivity index (χ2n) is 7.49. The second-order valence-corrected chi connectivity index (χ2v) is 9.34. The van der Waals surface area contributed by atoms with Gasteiger partial charge in [-0.3, -0.25) is 9.36 Å². The number of aromatic hydroxyl groups is 2. The molecular formula is C25H15Cl2FN2O4S. The molecule has 0 amide bonds. The molecule has 5 aromatic rings. The zero-order valence-corrected chi connectivity index (χ0v) is 20.0. The molecule has 0 saturated carbocycles. The molecule has 0 aliphatic rings. The number of ketones is 1. The van der Waals surface area contributed by atoms with E-state index in [2.05, 4.69) is 4.98 Å². The Morgan fingerprint density at radius 2 is 1.80 bits per heavy atom. The van der Waals surface area contributed by atoms with Crippen molar-refractivity contribution in [3.05, 3.63) is 88.2 Å². The lowest BCUT2D eigenvalue weighted by molar-refractivity contribution is 0.0919. The van der Waals surface area contributed by atoms with Gasteiger partial charge in [-0.05, 0) is 60.2 Å². The molecule has 0 aliphatic heterocycles. The van der Waals surface area contributed by atoms with Crippen LogP contribution in [0.1, 0.15) is 10.4 Å². The highest BCUT2D eigenvalue weighted by Crippen LogP contribution is 2.44. The Labute approximate surface area is 212 Å². The van der Waals surface area contributed by atoms with Crippen molar-refractivity contribution >= 4 is 50.5 Å². The Morgan fingerprint density at radius 1 is 1.06 bits per heavy atom. The van der Waals surface area contributed by atoms with E-state index in [4.69, 9.17) is 27.9 Å². The summed E-state index contributed by atoms with van der Waals surface area (Å²) in [4.78, 5) is 17.8. The van der Waals surface area contributed by atoms with Crippen LogP contribution < -0.4 is 4.74 Å². The van der Waals surface area contributed by atoms with Gasteiger partial charge in [-0.1, -0.05) is 46.7 Å². The molecule has 176 valence electrons. The number of benzene rings is 3. The highest BCUT2D eigenvalue weighted by molar-refractivity contribution is 7.20. The number of aromatic nitrogens is 2. The standard InChI is InChI=1S/C25H15Cl2FN2O4S/c26-14-7-10-17-20(11-14)35-25(29-17)30-22(13-5-8-15(28)9-6-13)21(23(32)24(30)33)18(31)12-34-19-4-2-1-3-16(19)27/h1-11,32-33H,12H2. The van der Waals surface area contributed by atoms with Crippen molar-refractivity contribution in [1.29, 1.82) is 0 Å². The molecule has 0 bridgehead atoms. The number of fused-ring (bicyclic) bond motifs is 1. The Balaban J connectivity index is 1.65. The first-order valence-electron chi connectivity index (χ1n) is 10.2. The fourth-order valence-corrected chi connectivity index (χ4v) is 5.08. The third-order valence-electron chi connectivity index (χ3n) is 5.24. The van der Waals surface area contributed by atoms with Gasteiger partial charge in [0.1, 0.15) is 11.6 Å². The largest absolute Gasteiger partial charge is 0.503 e.